The zero-order valence-electron chi connectivity index (χ0n) is 8.62. The highest BCUT2D eigenvalue weighted by atomic mass is 19.1. The van der Waals surface area contributed by atoms with Crippen molar-refractivity contribution in [1.29, 1.82) is 0 Å². The van der Waals surface area contributed by atoms with E-state index in [-0.39, 0.29) is 11.2 Å². The Morgan fingerprint density at radius 3 is 2.75 bits per heavy atom. The summed E-state index contributed by atoms with van der Waals surface area (Å²) in [5.41, 5.74) is 5.48. The molecule has 6 heteroatoms. The summed E-state index contributed by atoms with van der Waals surface area (Å²) < 4.78 is 13.5. The minimum Gasteiger partial charge on any atom is -0.383 e. The maximum absolute atomic E-state index is 13.5. The van der Waals surface area contributed by atoms with Crippen molar-refractivity contribution in [3.63, 3.8) is 0 Å². The molecule has 2 rings (SSSR count). The molecule has 0 unspecified atom stereocenters. The number of pyridine rings is 1. The standard InChI is InChI=1S/C10H11FN4O/c1-15(13)8-5-3-2-4-6(11)7(5)10(16)14-9(8)12/h2-4H,13H2,1H3,(H3,12,14,16). The molecule has 0 saturated carbocycles. The van der Waals surface area contributed by atoms with E-state index < -0.39 is 11.4 Å². The molecular formula is C10H11FN4O. The van der Waals surface area contributed by atoms with Crippen LogP contribution in [0.3, 0.4) is 0 Å². The molecule has 0 aliphatic carbocycles. The van der Waals surface area contributed by atoms with Crippen LogP contribution in [0.1, 0.15) is 0 Å². The molecule has 5 nitrogen and oxygen atoms in total. The van der Waals surface area contributed by atoms with Gasteiger partial charge in [0.2, 0.25) is 0 Å². The van der Waals surface area contributed by atoms with Gasteiger partial charge in [0.1, 0.15) is 17.3 Å². The predicted octanol–water partition coefficient (Wildman–Crippen LogP) is 0.559. The third kappa shape index (κ3) is 1.40. The SMILES string of the molecule is CN(N)c1c(N)[nH]c(=O)c2c(F)cccc12. The Labute approximate surface area is 90.4 Å². The summed E-state index contributed by atoms with van der Waals surface area (Å²) in [5.74, 6) is 5.11. The van der Waals surface area contributed by atoms with Gasteiger partial charge in [-0.05, 0) is 6.07 Å². The van der Waals surface area contributed by atoms with Crippen LogP contribution in [0.25, 0.3) is 10.8 Å². The molecule has 1 aromatic carbocycles. The molecule has 2 aromatic rings. The zero-order valence-corrected chi connectivity index (χ0v) is 8.62. The number of benzene rings is 1. The normalized spacial score (nSPS) is 10.7. The van der Waals surface area contributed by atoms with Crippen molar-refractivity contribution in [2.24, 2.45) is 5.84 Å². The maximum atomic E-state index is 13.5. The molecule has 0 spiro atoms. The largest absolute Gasteiger partial charge is 0.383 e. The number of nitrogens with two attached hydrogens (primary N) is 2. The molecule has 0 radical (unpaired) electrons. The first-order valence-corrected chi connectivity index (χ1v) is 4.60. The monoisotopic (exact) mass is 222 g/mol. The van der Waals surface area contributed by atoms with Crippen molar-refractivity contribution < 1.29 is 4.39 Å². The summed E-state index contributed by atoms with van der Waals surface area (Å²) >= 11 is 0. The second kappa shape index (κ2) is 3.49. The second-order valence-electron chi connectivity index (χ2n) is 3.49. The van der Waals surface area contributed by atoms with Gasteiger partial charge in [0.25, 0.3) is 5.56 Å². The molecule has 1 heterocycles. The Morgan fingerprint density at radius 1 is 1.44 bits per heavy atom. The minimum absolute atomic E-state index is 0.0380. The summed E-state index contributed by atoms with van der Waals surface area (Å²) in [7, 11) is 1.56. The maximum Gasteiger partial charge on any atom is 0.260 e. The van der Waals surface area contributed by atoms with Crippen LogP contribution in [-0.4, -0.2) is 12.0 Å². The number of H-pyrrole nitrogens is 1. The number of halogens is 1. The van der Waals surface area contributed by atoms with E-state index in [0.29, 0.717) is 11.1 Å². The predicted molar refractivity (Wildman–Crippen MR) is 61.5 cm³/mol. The number of nitrogens with one attached hydrogen (secondary N) is 1. The Kier molecular flexibility index (Phi) is 2.28. The van der Waals surface area contributed by atoms with Crippen LogP contribution in [0.4, 0.5) is 15.9 Å². The van der Waals surface area contributed by atoms with E-state index in [4.69, 9.17) is 11.6 Å². The molecule has 0 fully saturated rings. The van der Waals surface area contributed by atoms with Crippen LogP contribution < -0.4 is 22.1 Å². The Hall–Kier alpha value is -2.08. The number of nitrogens with zero attached hydrogens (tertiary/aromatic N) is 1. The molecule has 0 bridgehead atoms. The van der Waals surface area contributed by atoms with Gasteiger partial charge in [-0.15, -0.1) is 0 Å². The van der Waals surface area contributed by atoms with Gasteiger partial charge in [0, 0.05) is 12.4 Å². The van der Waals surface area contributed by atoms with E-state index in [1.165, 1.54) is 17.1 Å². The number of aromatic nitrogens is 1. The Balaban J connectivity index is 3.02. The van der Waals surface area contributed by atoms with Gasteiger partial charge in [-0.3, -0.25) is 4.79 Å². The highest BCUT2D eigenvalue weighted by molar-refractivity contribution is 5.98. The Morgan fingerprint density at radius 2 is 2.12 bits per heavy atom. The van der Waals surface area contributed by atoms with Crippen LogP contribution in [0.2, 0.25) is 0 Å². The van der Waals surface area contributed by atoms with E-state index in [9.17, 15) is 9.18 Å². The van der Waals surface area contributed by atoms with Gasteiger partial charge in [-0.25, -0.2) is 10.2 Å². The third-order valence-corrected chi connectivity index (χ3v) is 2.35. The van der Waals surface area contributed by atoms with E-state index in [1.54, 1.807) is 13.1 Å². The number of rotatable bonds is 1. The average molecular weight is 222 g/mol. The van der Waals surface area contributed by atoms with Crippen molar-refractivity contribution in [3.05, 3.63) is 34.4 Å². The fourth-order valence-electron chi connectivity index (χ4n) is 1.72. The number of anilines is 2. The summed E-state index contributed by atoms with van der Waals surface area (Å²) in [6.45, 7) is 0. The first-order chi connectivity index (χ1) is 7.52. The van der Waals surface area contributed by atoms with Crippen LogP contribution in [-0.2, 0) is 0 Å². The lowest BCUT2D eigenvalue weighted by Crippen LogP contribution is -2.28. The molecule has 0 saturated heterocycles. The lowest BCUT2D eigenvalue weighted by molar-refractivity contribution is 0.638. The Bertz CT molecular complexity index is 606. The van der Waals surface area contributed by atoms with Crippen molar-refractivity contribution in [3.8, 4) is 0 Å². The summed E-state index contributed by atoms with van der Waals surface area (Å²) in [6.07, 6.45) is 0. The fraction of sp³-hybridized carbons (Fsp3) is 0.100. The van der Waals surface area contributed by atoms with Gasteiger partial charge in [-0.2, -0.15) is 0 Å². The first-order valence-electron chi connectivity index (χ1n) is 4.60. The molecule has 0 atom stereocenters. The number of hydrogen-bond acceptors (Lipinski definition) is 4. The van der Waals surface area contributed by atoms with Crippen LogP contribution in [0.5, 0.6) is 0 Å². The number of fused-ring (bicyclic) bond motifs is 1. The molecule has 1 aromatic heterocycles. The summed E-state index contributed by atoms with van der Waals surface area (Å²) in [5, 5.41) is 1.60. The molecule has 0 aliphatic rings. The minimum atomic E-state index is -0.596. The molecular weight excluding hydrogens is 211 g/mol. The van der Waals surface area contributed by atoms with Crippen LogP contribution in [0, 0.1) is 5.82 Å². The van der Waals surface area contributed by atoms with Crippen molar-refractivity contribution in [1.82, 2.24) is 4.98 Å². The lowest BCUT2D eigenvalue weighted by atomic mass is 10.1. The zero-order chi connectivity index (χ0) is 11.9. The van der Waals surface area contributed by atoms with Gasteiger partial charge < -0.3 is 15.7 Å². The third-order valence-electron chi connectivity index (χ3n) is 2.35. The molecule has 16 heavy (non-hydrogen) atoms. The van der Waals surface area contributed by atoms with Gasteiger partial charge in [0.05, 0.1) is 5.39 Å². The topological polar surface area (TPSA) is 88.1 Å². The van der Waals surface area contributed by atoms with Gasteiger partial charge in [-0.1, -0.05) is 12.1 Å². The number of hydrazine groups is 1. The fourth-order valence-corrected chi connectivity index (χ4v) is 1.72. The smallest absolute Gasteiger partial charge is 0.260 e. The number of aromatic amines is 1. The van der Waals surface area contributed by atoms with Gasteiger partial charge >= 0.3 is 0 Å². The lowest BCUT2D eigenvalue weighted by Gasteiger charge is -2.16. The molecule has 84 valence electrons. The average Bonchev–Trinajstić information content (AvgIpc) is 2.15. The van der Waals surface area contributed by atoms with E-state index in [1.807, 2.05) is 0 Å². The van der Waals surface area contributed by atoms with E-state index >= 15 is 0 Å². The van der Waals surface area contributed by atoms with Crippen molar-refractivity contribution in [2.75, 3.05) is 17.8 Å². The summed E-state index contributed by atoms with van der Waals surface area (Å²) in [4.78, 5) is 13.9. The second-order valence-corrected chi connectivity index (χ2v) is 3.49. The molecule has 0 amide bonds. The van der Waals surface area contributed by atoms with Crippen LogP contribution >= 0.6 is 0 Å². The molecule has 5 N–H and O–H groups in total. The summed E-state index contributed by atoms with van der Waals surface area (Å²) in [6, 6.07) is 4.32. The van der Waals surface area contributed by atoms with E-state index in [0.717, 1.165) is 0 Å². The highest BCUT2D eigenvalue weighted by Crippen LogP contribution is 2.27. The number of nitrogen functional groups attached to an aromatic ring is 1. The first kappa shape index (κ1) is 10.4. The van der Waals surface area contributed by atoms with Gasteiger partial charge in [0.15, 0.2) is 0 Å². The molecule has 0 aliphatic heterocycles. The number of hydrogen-bond donors (Lipinski definition) is 3. The van der Waals surface area contributed by atoms with Crippen molar-refractivity contribution >= 4 is 22.3 Å². The van der Waals surface area contributed by atoms with E-state index in [2.05, 4.69) is 4.98 Å². The van der Waals surface area contributed by atoms with Crippen molar-refractivity contribution in [2.45, 2.75) is 0 Å². The quantitative estimate of drug-likeness (QED) is 0.486. The van der Waals surface area contributed by atoms with Crippen LogP contribution in [0.15, 0.2) is 23.0 Å². The highest BCUT2D eigenvalue weighted by Gasteiger charge is 2.13.